The number of amides is 1. The summed E-state index contributed by atoms with van der Waals surface area (Å²) < 4.78 is 11.1. The molecule has 0 spiro atoms. The van der Waals surface area contributed by atoms with E-state index >= 15 is 0 Å². The van der Waals surface area contributed by atoms with Crippen LogP contribution in [0.4, 0.5) is 5.69 Å². The van der Waals surface area contributed by atoms with E-state index in [4.69, 9.17) is 9.47 Å². The lowest BCUT2D eigenvalue weighted by Gasteiger charge is -2.16. The van der Waals surface area contributed by atoms with Crippen LogP contribution in [-0.4, -0.2) is 13.0 Å². The molecule has 4 heteroatoms. The summed E-state index contributed by atoms with van der Waals surface area (Å²) in [7, 11) is 1.53. The Bertz CT molecular complexity index is 817. The summed E-state index contributed by atoms with van der Waals surface area (Å²) in [5.41, 5.74) is 2.62. The van der Waals surface area contributed by atoms with E-state index in [0.717, 1.165) is 16.9 Å². The van der Waals surface area contributed by atoms with Gasteiger partial charge in [0, 0.05) is 12.8 Å². The fourth-order valence-corrected chi connectivity index (χ4v) is 2.61. The van der Waals surface area contributed by atoms with Crippen molar-refractivity contribution in [2.45, 2.75) is 12.7 Å². The fourth-order valence-electron chi connectivity index (χ4n) is 2.61. The minimum absolute atomic E-state index is 0.211. The second-order valence-electron chi connectivity index (χ2n) is 5.81. The molecule has 3 aromatic rings. The molecule has 3 aromatic carbocycles. The molecule has 3 rings (SSSR count). The summed E-state index contributed by atoms with van der Waals surface area (Å²) in [6, 6.07) is 26.7. The molecule has 4 nitrogen and oxygen atoms in total. The molecule has 0 aliphatic heterocycles. The van der Waals surface area contributed by atoms with Gasteiger partial charge in [0.05, 0.1) is 0 Å². The first-order valence-electron chi connectivity index (χ1n) is 8.41. The minimum atomic E-state index is -0.648. The minimum Gasteiger partial charge on any atom is -0.489 e. The van der Waals surface area contributed by atoms with Crippen molar-refractivity contribution in [1.29, 1.82) is 0 Å². The van der Waals surface area contributed by atoms with E-state index in [1.807, 2.05) is 84.9 Å². The molecular weight excluding hydrogens is 326 g/mol. The molecule has 0 bridgehead atoms. The fraction of sp³-hybridized carbons (Fsp3) is 0.136. The van der Waals surface area contributed by atoms with Crippen molar-refractivity contribution >= 4 is 11.6 Å². The number of hydrogen-bond donors (Lipinski definition) is 1. The zero-order chi connectivity index (χ0) is 18.2. The van der Waals surface area contributed by atoms with Crippen LogP contribution in [0.2, 0.25) is 0 Å². The van der Waals surface area contributed by atoms with E-state index in [-0.39, 0.29) is 5.91 Å². The van der Waals surface area contributed by atoms with Gasteiger partial charge in [-0.1, -0.05) is 60.7 Å². The number of nitrogens with one attached hydrogen (secondary N) is 1. The van der Waals surface area contributed by atoms with Crippen molar-refractivity contribution in [3.8, 4) is 5.75 Å². The Kier molecular flexibility index (Phi) is 6.01. The third-order valence-corrected chi connectivity index (χ3v) is 3.95. The van der Waals surface area contributed by atoms with Crippen molar-refractivity contribution in [1.82, 2.24) is 0 Å². The Morgan fingerprint density at radius 3 is 2.12 bits per heavy atom. The first kappa shape index (κ1) is 17.7. The Balaban J connectivity index is 1.59. The topological polar surface area (TPSA) is 47.6 Å². The van der Waals surface area contributed by atoms with Gasteiger partial charge >= 0.3 is 0 Å². The number of rotatable bonds is 7. The van der Waals surface area contributed by atoms with Crippen LogP contribution in [0.1, 0.15) is 17.2 Å². The highest BCUT2D eigenvalue weighted by atomic mass is 16.5. The van der Waals surface area contributed by atoms with Crippen LogP contribution < -0.4 is 10.1 Å². The molecule has 0 radical (unpaired) electrons. The zero-order valence-electron chi connectivity index (χ0n) is 14.6. The van der Waals surface area contributed by atoms with E-state index in [0.29, 0.717) is 12.3 Å². The highest BCUT2D eigenvalue weighted by molar-refractivity contribution is 5.94. The van der Waals surface area contributed by atoms with Crippen molar-refractivity contribution in [3.63, 3.8) is 0 Å². The molecule has 0 heterocycles. The normalized spacial score (nSPS) is 11.6. The van der Waals surface area contributed by atoms with E-state index in [1.54, 1.807) is 0 Å². The highest BCUT2D eigenvalue weighted by Gasteiger charge is 2.19. The summed E-state index contributed by atoms with van der Waals surface area (Å²) in [6.45, 7) is 0.506. The third kappa shape index (κ3) is 4.71. The summed E-state index contributed by atoms with van der Waals surface area (Å²) in [5.74, 6) is 0.537. The second-order valence-corrected chi connectivity index (χ2v) is 5.81. The van der Waals surface area contributed by atoms with Crippen LogP contribution in [0.3, 0.4) is 0 Å². The Morgan fingerprint density at radius 2 is 1.50 bits per heavy atom. The quantitative estimate of drug-likeness (QED) is 0.680. The molecule has 1 atom stereocenters. The molecule has 0 aromatic heterocycles. The lowest BCUT2D eigenvalue weighted by molar-refractivity contribution is -0.126. The van der Waals surface area contributed by atoms with Crippen LogP contribution in [0, 0.1) is 0 Å². The van der Waals surface area contributed by atoms with Gasteiger partial charge in [0.15, 0.2) is 6.10 Å². The average Bonchev–Trinajstić information content (AvgIpc) is 2.70. The van der Waals surface area contributed by atoms with Crippen molar-refractivity contribution in [3.05, 3.63) is 96.1 Å². The monoisotopic (exact) mass is 347 g/mol. The maximum atomic E-state index is 12.5. The summed E-state index contributed by atoms with van der Waals surface area (Å²) in [6.07, 6.45) is -0.648. The van der Waals surface area contributed by atoms with Crippen LogP contribution in [0.5, 0.6) is 5.75 Å². The Labute approximate surface area is 153 Å². The summed E-state index contributed by atoms with van der Waals surface area (Å²) >= 11 is 0. The summed E-state index contributed by atoms with van der Waals surface area (Å²) in [5, 5.41) is 2.87. The maximum Gasteiger partial charge on any atom is 0.258 e. The lowest BCUT2D eigenvalue weighted by atomic mass is 10.1. The van der Waals surface area contributed by atoms with Gasteiger partial charge in [-0.3, -0.25) is 4.79 Å². The van der Waals surface area contributed by atoms with E-state index in [9.17, 15) is 4.79 Å². The van der Waals surface area contributed by atoms with Gasteiger partial charge in [0.25, 0.3) is 5.91 Å². The van der Waals surface area contributed by atoms with Crippen LogP contribution >= 0.6 is 0 Å². The van der Waals surface area contributed by atoms with Gasteiger partial charge < -0.3 is 14.8 Å². The van der Waals surface area contributed by atoms with E-state index in [1.165, 1.54) is 7.11 Å². The largest absolute Gasteiger partial charge is 0.489 e. The van der Waals surface area contributed by atoms with Crippen molar-refractivity contribution in [2.24, 2.45) is 0 Å². The molecule has 26 heavy (non-hydrogen) atoms. The van der Waals surface area contributed by atoms with Crippen molar-refractivity contribution < 1.29 is 14.3 Å². The van der Waals surface area contributed by atoms with Gasteiger partial charge in [-0.15, -0.1) is 0 Å². The number of ether oxygens (including phenoxy) is 2. The number of anilines is 1. The van der Waals surface area contributed by atoms with Crippen LogP contribution in [-0.2, 0) is 16.1 Å². The lowest BCUT2D eigenvalue weighted by Crippen LogP contribution is -2.22. The molecule has 0 saturated heterocycles. The highest BCUT2D eigenvalue weighted by Crippen LogP contribution is 2.21. The predicted molar refractivity (Wildman–Crippen MR) is 102 cm³/mol. The van der Waals surface area contributed by atoms with Gasteiger partial charge in [-0.25, -0.2) is 0 Å². The van der Waals surface area contributed by atoms with E-state index < -0.39 is 6.10 Å². The number of carbonyl (C=O) groups excluding carboxylic acids is 1. The molecule has 0 aliphatic carbocycles. The Hall–Kier alpha value is -3.11. The third-order valence-electron chi connectivity index (χ3n) is 3.95. The van der Waals surface area contributed by atoms with Gasteiger partial charge in [-0.2, -0.15) is 0 Å². The maximum absolute atomic E-state index is 12.5. The van der Waals surface area contributed by atoms with Gasteiger partial charge in [0.1, 0.15) is 12.4 Å². The molecule has 0 fully saturated rings. The molecule has 0 saturated carbocycles. The number of methoxy groups -OCH3 is 1. The van der Waals surface area contributed by atoms with Crippen LogP contribution in [0.15, 0.2) is 84.9 Å². The van der Waals surface area contributed by atoms with Crippen molar-refractivity contribution in [2.75, 3.05) is 12.4 Å². The molecule has 1 amide bonds. The molecular formula is C22H21NO3. The molecule has 0 unspecified atom stereocenters. The Morgan fingerprint density at radius 1 is 0.885 bits per heavy atom. The number of benzene rings is 3. The van der Waals surface area contributed by atoms with E-state index in [2.05, 4.69) is 5.32 Å². The first-order valence-corrected chi connectivity index (χ1v) is 8.41. The average molecular weight is 347 g/mol. The number of hydrogen-bond acceptors (Lipinski definition) is 3. The smallest absolute Gasteiger partial charge is 0.258 e. The number of carbonyl (C=O) groups is 1. The molecule has 0 aliphatic rings. The molecule has 132 valence electrons. The van der Waals surface area contributed by atoms with Gasteiger partial charge in [0.2, 0.25) is 0 Å². The van der Waals surface area contributed by atoms with Crippen LogP contribution in [0.25, 0.3) is 0 Å². The van der Waals surface area contributed by atoms with Gasteiger partial charge in [-0.05, 0) is 35.4 Å². The standard InChI is InChI=1S/C22H21NO3/c1-25-21(18-10-6-3-7-11-18)22(24)23-19-12-14-20(15-13-19)26-16-17-8-4-2-5-9-17/h2-15,21H,16H2,1H3,(H,23,24)/t21-/m1/s1. The zero-order valence-corrected chi connectivity index (χ0v) is 14.6. The SMILES string of the molecule is CO[C@@H](C(=O)Nc1ccc(OCc2ccccc2)cc1)c1ccccc1. The second kappa shape index (κ2) is 8.83. The first-order chi connectivity index (χ1) is 12.8. The molecule has 1 N–H and O–H groups in total. The predicted octanol–water partition coefficient (Wildman–Crippen LogP) is 4.59. The summed E-state index contributed by atoms with van der Waals surface area (Å²) in [4.78, 5) is 12.5.